The summed E-state index contributed by atoms with van der Waals surface area (Å²) in [7, 11) is 3.20. The summed E-state index contributed by atoms with van der Waals surface area (Å²) in [5.41, 5.74) is 1.29. The van der Waals surface area contributed by atoms with Crippen LogP contribution in [0.5, 0.6) is 0 Å². The average molecular weight is 334 g/mol. The lowest BCUT2D eigenvalue weighted by molar-refractivity contribution is 0.241. The molecule has 2 heterocycles. The van der Waals surface area contributed by atoms with Crippen molar-refractivity contribution in [2.45, 2.75) is 25.4 Å². The molecule has 0 bridgehead atoms. The van der Waals surface area contributed by atoms with E-state index in [0.717, 1.165) is 40.2 Å². The van der Waals surface area contributed by atoms with Gasteiger partial charge in [-0.3, -0.25) is 18.8 Å². The number of hydrogen-bond donors (Lipinski definition) is 0. The van der Waals surface area contributed by atoms with Crippen molar-refractivity contribution in [3.63, 3.8) is 0 Å². The van der Waals surface area contributed by atoms with Crippen molar-refractivity contribution in [1.82, 2.24) is 14.0 Å². The van der Waals surface area contributed by atoms with Gasteiger partial charge in [-0.05, 0) is 31.0 Å². The van der Waals surface area contributed by atoms with E-state index in [4.69, 9.17) is 11.6 Å². The van der Waals surface area contributed by atoms with Gasteiger partial charge in [0.2, 0.25) is 0 Å². The molecule has 1 atom stereocenters. The third kappa shape index (κ3) is 2.99. The Kier molecular flexibility index (Phi) is 4.41. The van der Waals surface area contributed by atoms with Crippen molar-refractivity contribution >= 4 is 11.6 Å². The first kappa shape index (κ1) is 16.0. The molecule has 122 valence electrons. The molecule has 1 fully saturated rings. The van der Waals surface area contributed by atoms with Crippen molar-refractivity contribution in [3.8, 4) is 0 Å². The maximum absolute atomic E-state index is 12.1. The van der Waals surface area contributed by atoms with Gasteiger partial charge in [0.1, 0.15) is 0 Å². The molecule has 23 heavy (non-hydrogen) atoms. The molecule has 0 aliphatic carbocycles. The number of rotatable bonds is 3. The van der Waals surface area contributed by atoms with Crippen LogP contribution in [0.4, 0.5) is 0 Å². The number of likely N-dealkylation sites (tertiary alicyclic amines) is 1. The third-order valence-corrected chi connectivity index (χ3v) is 4.96. The van der Waals surface area contributed by atoms with Gasteiger partial charge in [0.05, 0.1) is 0 Å². The van der Waals surface area contributed by atoms with Crippen LogP contribution in [0.1, 0.15) is 30.1 Å². The van der Waals surface area contributed by atoms with Gasteiger partial charge in [-0.1, -0.05) is 29.8 Å². The predicted molar refractivity (Wildman–Crippen MR) is 90.8 cm³/mol. The molecule has 0 radical (unpaired) electrons. The topological polar surface area (TPSA) is 47.2 Å². The van der Waals surface area contributed by atoms with Crippen LogP contribution in [-0.4, -0.2) is 20.6 Å². The molecule has 1 aliphatic heterocycles. The Morgan fingerprint density at radius 1 is 1.17 bits per heavy atom. The molecule has 6 heteroatoms. The summed E-state index contributed by atoms with van der Waals surface area (Å²) in [5.74, 6) is 0. The van der Waals surface area contributed by atoms with E-state index in [-0.39, 0.29) is 17.3 Å². The molecule has 1 aromatic carbocycles. The smallest absolute Gasteiger partial charge is 0.299 e. The zero-order chi connectivity index (χ0) is 16.6. The van der Waals surface area contributed by atoms with Crippen LogP contribution in [0.2, 0.25) is 5.02 Å². The van der Waals surface area contributed by atoms with E-state index in [0.29, 0.717) is 6.54 Å². The normalized spacial score (nSPS) is 18.5. The molecule has 2 aromatic rings. The molecule has 1 aliphatic rings. The first-order chi connectivity index (χ1) is 11.0. The molecule has 5 nitrogen and oxygen atoms in total. The molecule has 0 N–H and O–H groups in total. The number of aromatic nitrogens is 2. The number of benzene rings is 1. The Balaban J connectivity index is 1.93. The fourth-order valence-corrected chi connectivity index (χ4v) is 3.51. The van der Waals surface area contributed by atoms with Crippen molar-refractivity contribution in [2.75, 3.05) is 6.54 Å². The number of nitrogens with zero attached hydrogens (tertiary/aromatic N) is 3. The summed E-state index contributed by atoms with van der Waals surface area (Å²) in [4.78, 5) is 26.3. The van der Waals surface area contributed by atoms with Crippen LogP contribution in [0.25, 0.3) is 0 Å². The Bertz CT molecular complexity index is 840. The Morgan fingerprint density at radius 2 is 1.91 bits per heavy atom. The average Bonchev–Trinajstić information content (AvgIpc) is 2.99. The second-order valence-corrected chi connectivity index (χ2v) is 6.43. The molecule has 0 amide bonds. The summed E-state index contributed by atoms with van der Waals surface area (Å²) < 4.78 is 2.67. The zero-order valence-electron chi connectivity index (χ0n) is 13.3. The van der Waals surface area contributed by atoms with Gasteiger partial charge < -0.3 is 0 Å². The lowest BCUT2D eigenvalue weighted by Crippen LogP contribution is -2.39. The summed E-state index contributed by atoms with van der Waals surface area (Å²) in [6.45, 7) is 1.50. The van der Waals surface area contributed by atoms with Crippen LogP contribution >= 0.6 is 11.6 Å². The summed E-state index contributed by atoms with van der Waals surface area (Å²) in [6, 6.07) is 9.64. The van der Waals surface area contributed by atoms with Gasteiger partial charge in [-0.2, -0.15) is 0 Å². The van der Waals surface area contributed by atoms with Gasteiger partial charge in [0.25, 0.3) is 5.56 Å². The molecular weight excluding hydrogens is 314 g/mol. The summed E-state index contributed by atoms with van der Waals surface area (Å²) in [6.07, 6.45) is 2.11. The van der Waals surface area contributed by atoms with Crippen molar-refractivity contribution < 1.29 is 0 Å². The van der Waals surface area contributed by atoms with E-state index in [2.05, 4.69) is 4.90 Å². The quantitative estimate of drug-likeness (QED) is 0.864. The maximum atomic E-state index is 12.1. The van der Waals surface area contributed by atoms with Crippen molar-refractivity contribution in [3.05, 3.63) is 67.4 Å². The minimum Gasteiger partial charge on any atom is -0.299 e. The Labute approximate surface area is 139 Å². The lowest BCUT2D eigenvalue weighted by atomic mass is 10.0. The molecular formula is C17H20ClN3O2. The minimum absolute atomic E-state index is 0.225. The monoisotopic (exact) mass is 333 g/mol. The van der Waals surface area contributed by atoms with Gasteiger partial charge >= 0.3 is 5.69 Å². The first-order valence-corrected chi connectivity index (χ1v) is 8.11. The van der Waals surface area contributed by atoms with Crippen LogP contribution in [-0.2, 0) is 20.6 Å². The van der Waals surface area contributed by atoms with E-state index < -0.39 is 0 Å². The van der Waals surface area contributed by atoms with Gasteiger partial charge in [-0.25, -0.2) is 4.79 Å². The molecule has 0 spiro atoms. The standard InChI is InChI=1S/C17H20ClN3O2/c1-19-12(10-16(22)20(2)17(19)23)11-21-9-5-8-15(21)13-6-3-4-7-14(13)18/h3-4,6-7,10,15H,5,8-9,11H2,1-2H3/t15-/m1/s1. The van der Waals surface area contributed by atoms with Crippen molar-refractivity contribution in [1.29, 1.82) is 0 Å². The highest BCUT2D eigenvalue weighted by atomic mass is 35.5. The van der Waals surface area contributed by atoms with Crippen LogP contribution in [0.3, 0.4) is 0 Å². The van der Waals surface area contributed by atoms with Gasteiger partial charge in [0, 0.05) is 43.5 Å². The molecule has 0 unspecified atom stereocenters. The number of halogens is 1. The summed E-state index contributed by atoms with van der Waals surface area (Å²) in [5, 5.41) is 0.766. The van der Waals surface area contributed by atoms with E-state index in [1.54, 1.807) is 17.7 Å². The molecule has 1 saturated heterocycles. The van der Waals surface area contributed by atoms with Crippen LogP contribution < -0.4 is 11.2 Å². The summed E-state index contributed by atoms with van der Waals surface area (Å²) >= 11 is 6.34. The second kappa shape index (κ2) is 6.34. The Morgan fingerprint density at radius 3 is 2.65 bits per heavy atom. The van der Waals surface area contributed by atoms with E-state index in [9.17, 15) is 9.59 Å². The highest BCUT2D eigenvalue weighted by molar-refractivity contribution is 6.31. The lowest BCUT2D eigenvalue weighted by Gasteiger charge is -2.26. The Hall–Kier alpha value is -1.85. The van der Waals surface area contributed by atoms with Gasteiger partial charge in [0.15, 0.2) is 0 Å². The molecule has 3 rings (SSSR count). The van der Waals surface area contributed by atoms with Crippen molar-refractivity contribution in [2.24, 2.45) is 14.1 Å². The predicted octanol–water partition coefficient (Wildman–Crippen LogP) is 2.07. The third-order valence-electron chi connectivity index (χ3n) is 4.62. The van der Waals surface area contributed by atoms with E-state index in [1.165, 1.54) is 7.05 Å². The molecule has 1 aromatic heterocycles. The van der Waals surface area contributed by atoms with E-state index >= 15 is 0 Å². The minimum atomic E-state index is -0.291. The van der Waals surface area contributed by atoms with E-state index in [1.807, 2.05) is 24.3 Å². The fourth-order valence-electron chi connectivity index (χ4n) is 3.25. The second-order valence-electron chi connectivity index (χ2n) is 6.02. The zero-order valence-corrected chi connectivity index (χ0v) is 14.1. The first-order valence-electron chi connectivity index (χ1n) is 7.73. The van der Waals surface area contributed by atoms with Crippen LogP contribution in [0.15, 0.2) is 39.9 Å². The molecule has 0 saturated carbocycles. The highest BCUT2D eigenvalue weighted by Gasteiger charge is 2.28. The largest absolute Gasteiger partial charge is 0.330 e. The van der Waals surface area contributed by atoms with Crippen LogP contribution in [0, 0.1) is 0 Å². The SMILES string of the molecule is Cn1c(CN2CCC[C@@H]2c2ccccc2Cl)cc(=O)n(C)c1=O. The number of hydrogen-bond acceptors (Lipinski definition) is 3. The van der Waals surface area contributed by atoms with Gasteiger partial charge in [-0.15, -0.1) is 0 Å². The highest BCUT2D eigenvalue weighted by Crippen LogP contribution is 2.36. The fraction of sp³-hybridized carbons (Fsp3) is 0.412. The maximum Gasteiger partial charge on any atom is 0.330 e.